The summed E-state index contributed by atoms with van der Waals surface area (Å²) in [5, 5.41) is 0. The molecule has 0 saturated carbocycles. The first-order valence-electron chi connectivity index (χ1n) is 6.23. The van der Waals surface area contributed by atoms with Gasteiger partial charge >= 0.3 is 20.7 Å². The zero-order chi connectivity index (χ0) is 13.6. The van der Waals surface area contributed by atoms with Crippen molar-refractivity contribution in [3.05, 3.63) is 0 Å². The molecular formula is C11H20O6Si. The van der Waals surface area contributed by atoms with Gasteiger partial charge in [-0.1, -0.05) is 0 Å². The zero-order valence-electron chi connectivity index (χ0n) is 11.1. The van der Waals surface area contributed by atoms with Gasteiger partial charge in [0.05, 0.1) is 12.3 Å². The number of hydrogen-bond acceptors (Lipinski definition) is 6. The molecule has 0 bridgehead atoms. The Bertz CT molecular complexity index is 289. The highest BCUT2D eigenvalue weighted by molar-refractivity contribution is 6.61. The third-order valence-corrected chi connectivity index (χ3v) is 5.73. The van der Waals surface area contributed by atoms with Crippen LogP contribution in [0.5, 0.6) is 0 Å². The maximum Gasteiger partial charge on any atom is 0.501 e. The van der Waals surface area contributed by atoms with E-state index in [2.05, 4.69) is 4.74 Å². The van der Waals surface area contributed by atoms with Crippen LogP contribution in [0.15, 0.2) is 0 Å². The van der Waals surface area contributed by atoms with Gasteiger partial charge in [0.15, 0.2) is 0 Å². The lowest BCUT2D eigenvalue weighted by Gasteiger charge is -2.29. The minimum atomic E-state index is -2.89. The van der Waals surface area contributed by atoms with Gasteiger partial charge < -0.3 is 18.0 Å². The molecule has 0 amide bonds. The third kappa shape index (κ3) is 3.87. The predicted octanol–water partition coefficient (Wildman–Crippen LogP) is 1.12. The Morgan fingerprint density at radius 1 is 1.11 bits per heavy atom. The Morgan fingerprint density at radius 3 is 1.94 bits per heavy atom. The maximum absolute atomic E-state index is 11.5. The van der Waals surface area contributed by atoms with Crippen molar-refractivity contribution in [1.29, 1.82) is 0 Å². The summed E-state index contributed by atoms with van der Waals surface area (Å²) in [6, 6.07) is 0.299. The van der Waals surface area contributed by atoms with Gasteiger partial charge in [0.25, 0.3) is 0 Å². The molecule has 1 unspecified atom stereocenters. The number of ether oxygens (including phenoxy) is 1. The molecule has 18 heavy (non-hydrogen) atoms. The van der Waals surface area contributed by atoms with Crippen molar-refractivity contribution in [2.75, 3.05) is 19.8 Å². The minimum Gasteiger partial charge on any atom is -0.393 e. The lowest BCUT2D eigenvalue weighted by atomic mass is 10.1. The Labute approximate surface area is 108 Å². The van der Waals surface area contributed by atoms with Crippen LogP contribution in [0, 0.1) is 5.92 Å². The van der Waals surface area contributed by atoms with Crippen LogP contribution in [-0.4, -0.2) is 40.6 Å². The highest BCUT2D eigenvalue weighted by Gasteiger charge is 2.48. The SMILES string of the molecule is CCO[Si](CC1CC(=O)OC1=O)(OCC)OCC. The van der Waals surface area contributed by atoms with Crippen LogP contribution < -0.4 is 0 Å². The summed E-state index contributed by atoms with van der Waals surface area (Å²) >= 11 is 0. The number of esters is 2. The molecule has 6 nitrogen and oxygen atoms in total. The number of carbonyl (C=O) groups excluding carboxylic acids is 2. The largest absolute Gasteiger partial charge is 0.501 e. The van der Waals surface area contributed by atoms with Crippen LogP contribution in [0.3, 0.4) is 0 Å². The molecule has 1 fully saturated rings. The fourth-order valence-corrected chi connectivity index (χ4v) is 4.78. The first kappa shape index (κ1) is 15.3. The van der Waals surface area contributed by atoms with Gasteiger partial charge in [-0.15, -0.1) is 0 Å². The van der Waals surface area contributed by atoms with Crippen LogP contribution >= 0.6 is 0 Å². The molecule has 1 atom stereocenters. The average molecular weight is 276 g/mol. The number of carbonyl (C=O) groups is 2. The summed E-state index contributed by atoms with van der Waals surface area (Å²) in [5.41, 5.74) is 0. The third-order valence-electron chi connectivity index (χ3n) is 2.55. The molecule has 7 heteroatoms. The predicted molar refractivity (Wildman–Crippen MR) is 64.6 cm³/mol. The van der Waals surface area contributed by atoms with E-state index in [0.29, 0.717) is 25.9 Å². The standard InChI is InChI=1S/C11H20O6Si/c1-4-14-18(15-5-2,16-6-3)8-9-7-10(12)17-11(9)13/h9H,4-8H2,1-3H3. The van der Waals surface area contributed by atoms with Crippen molar-refractivity contribution in [2.45, 2.75) is 33.2 Å². The topological polar surface area (TPSA) is 71.1 Å². The van der Waals surface area contributed by atoms with E-state index in [1.807, 2.05) is 20.8 Å². The molecule has 0 radical (unpaired) electrons. The second kappa shape index (κ2) is 6.98. The average Bonchev–Trinajstić information content (AvgIpc) is 2.58. The summed E-state index contributed by atoms with van der Waals surface area (Å²) in [4.78, 5) is 22.6. The van der Waals surface area contributed by atoms with Crippen LogP contribution in [0.25, 0.3) is 0 Å². The molecule has 1 rings (SSSR count). The van der Waals surface area contributed by atoms with Gasteiger partial charge in [-0.05, 0) is 20.8 Å². The van der Waals surface area contributed by atoms with Crippen molar-refractivity contribution in [1.82, 2.24) is 0 Å². The second-order valence-corrected chi connectivity index (χ2v) is 6.52. The molecule has 0 aliphatic carbocycles. The van der Waals surface area contributed by atoms with Gasteiger partial charge in [-0.25, -0.2) is 0 Å². The summed E-state index contributed by atoms with van der Waals surface area (Å²) in [6.07, 6.45) is 0.0841. The normalized spacial score (nSPS) is 20.3. The second-order valence-electron chi connectivity index (χ2n) is 3.88. The molecule has 0 aromatic carbocycles. The van der Waals surface area contributed by atoms with Crippen molar-refractivity contribution in [3.8, 4) is 0 Å². The van der Waals surface area contributed by atoms with E-state index in [1.54, 1.807) is 0 Å². The first-order chi connectivity index (χ1) is 8.56. The van der Waals surface area contributed by atoms with Gasteiger partial charge in [-0.3, -0.25) is 9.59 Å². The summed E-state index contributed by atoms with van der Waals surface area (Å²) in [7, 11) is -2.89. The van der Waals surface area contributed by atoms with E-state index in [4.69, 9.17) is 13.3 Å². The van der Waals surface area contributed by atoms with Gasteiger partial charge in [0.2, 0.25) is 0 Å². The van der Waals surface area contributed by atoms with Crippen molar-refractivity contribution >= 4 is 20.7 Å². The zero-order valence-corrected chi connectivity index (χ0v) is 12.1. The number of rotatable bonds is 8. The van der Waals surface area contributed by atoms with E-state index in [0.717, 1.165) is 0 Å². The van der Waals surface area contributed by atoms with E-state index in [-0.39, 0.29) is 6.42 Å². The Kier molecular flexibility index (Phi) is 5.93. The van der Waals surface area contributed by atoms with E-state index in [9.17, 15) is 9.59 Å². The molecule has 1 aliphatic heterocycles. The fourth-order valence-electron chi connectivity index (χ4n) is 1.94. The summed E-state index contributed by atoms with van der Waals surface area (Å²) < 4.78 is 21.4. The molecule has 0 spiro atoms. The molecule has 0 N–H and O–H groups in total. The van der Waals surface area contributed by atoms with Crippen molar-refractivity contribution in [3.63, 3.8) is 0 Å². The smallest absolute Gasteiger partial charge is 0.393 e. The molecule has 104 valence electrons. The lowest BCUT2D eigenvalue weighted by molar-refractivity contribution is -0.153. The lowest BCUT2D eigenvalue weighted by Crippen LogP contribution is -2.48. The van der Waals surface area contributed by atoms with Crippen LogP contribution in [0.4, 0.5) is 0 Å². The quantitative estimate of drug-likeness (QED) is 0.376. The van der Waals surface area contributed by atoms with Gasteiger partial charge in [-0.2, -0.15) is 0 Å². The van der Waals surface area contributed by atoms with Gasteiger partial charge in [0.1, 0.15) is 0 Å². The Hall–Kier alpha value is -0.763. The highest BCUT2D eigenvalue weighted by atomic mass is 28.4. The monoisotopic (exact) mass is 276 g/mol. The van der Waals surface area contributed by atoms with Gasteiger partial charge in [0, 0.05) is 25.9 Å². The summed E-state index contributed by atoms with van der Waals surface area (Å²) in [6.45, 7) is 6.87. The van der Waals surface area contributed by atoms with E-state index < -0.39 is 26.7 Å². The highest BCUT2D eigenvalue weighted by Crippen LogP contribution is 2.28. The molecule has 1 heterocycles. The van der Waals surface area contributed by atoms with E-state index >= 15 is 0 Å². The van der Waals surface area contributed by atoms with Crippen LogP contribution in [0.2, 0.25) is 6.04 Å². The fraction of sp³-hybridized carbons (Fsp3) is 0.818. The molecule has 1 saturated heterocycles. The number of cyclic esters (lactones) is 2. The maximum atomic E-state index is 11.5. The number of hydrogen-bond donors (Lipinski definition) is 0. The van der Waals surface area contributed by atoms with Crippen molar-refractivity contribution < 1.29 is 27.6 Å². The van der Waals surface area contributed by atoms with Crippen molar-refractivity contribution in [2.24, 2.45) is 5.92 Å². The van der Waals surface area contributed by atoms with Crippen LogP contribution in [-0.2, 0) is 27.6 Å². The Balaban J connectivity index is 2.75. The minimum absolute atomic E-state index is 0.0841. The summed E-state index contributed by atoms with van der Waals surface area (Å²) in [5.74, 6) is -1.50. The molecular weight excluding hydrogens is 256 g/mol. The molecule has 1 aliphatic rings. The van der Waals surface area contributed by atoms with Crippen LogP contribution in [0.1, 0.15) is 27.2 Å². The first-order valence-corrected chi connectivity index (χ1v) is 8.16. The molecule has 0 aromatic rings. The molecule has 0 aromatic heterocycles. The Morgan fingerprint density at radius 2 is 1.61 bits per heavy atom. The van der Waals surface area contributed by atoms with E-state index in [1.165, 1.54) is 0 Å².